The van der Waals surface area contributed by atoms with Gasteiger partial charge in [-0.05, 0) is 43.9 Å². The van der Waals surface area contributed by atoms with Crippen molar-refractivity contribution in [2.24, 2.45) is 5.10 Å². The van der Waals surface area contributed by atoms with Crippen LogP contribution in [0.15, 0.2) is 40.1 Å². The van der Waals surface area contributed by atoms with Crippen LogP contribution in [0.25, 0.3) is 12.5 Å². The van der Waals surface area contributed by atoms with Crippen molar-refractivity contribution in [1.29, 1.82) is 0 Å². The molecule has 2 aliphatic rings. The number of likely N-dealkylation sites (tertiary alicyclic amines) is 1. The van der Waals surface area contributed by atoms with Gasteiger partial charge in [0.05, 0.1) is 11.3 Å². The summed E-state index contributed by atoms with van der Waals surface area (Å²) in [6.45, 7) is 6.49. The average molecular weight is 380 g/mol. The molecule has 0 aromatic carbocycles. The van der Waals surface area contributed by atoms with Gasteiger partial charge in [-0.15, -0.1) is 5.10 Å². The maximum absolute atomic E-state index is 12.9. The molecule has 1 fully saturated rings. The molecule has 0 radical (unpaired) electrons. The number of aryl methyl sites for hydroxylation is 1. The van der Waals surface area contributed by atoms with Crippen molar-refractivity contribution in [3.05, 3.63) is 52.6 Å². The third kappa shape index (κ3) is 3.78. The number of furan rings is 1. The number of aromatic nitrogens is 1. The second kappa shape index (κ2) is 7.88. The highest BCUT2D eigenvalue weighted by Crippen LogP contribution is 2.31. The molecule has 146 valence electrons. The predicted octanol–water partition coefficient (Wildman–Crippen LogP) is 1.93. The summed E-state index contributed by atoms with van der Waals surface area (Å²) in [5.41, 5.74) is 4.49. The van der Waals surface area contributed by atoms with Crippen LogP contribution in [-0.4, -0.2) is 28.2 Å². The van der Waals surface area contributed by atoms with E-state index >= 15 is 0 Å². The number of ether oxygens (including phenoxy) is 1. The summed E-state index contributed by atoms with van der Waals surface area (Å²) in [5, 5.41) is 4.94. The summed E-state index contributed by atoms with van der Waals surface area (Å²) in [6.07, 6.45) is 7.54. The number of amides is 1. The fraction of sp³-hybridized carbons (Fsp3) is 0.381. The molecule has 0 spiro atoms. The second-order valence-corrected chi connectivity index (χ2v) is 7.13. The number of pyridine rings is 1. The minimum Gasteiger partial charge on any atom is -0.462 e. The SMILES string of the molecule is C=c1oc(C)cc1=C1NN=C(CCC(=O)N2CCCCC2c2cccnc2)O1. The van der Waals surface area contributed by atoms with Crippen molar-refractivity contribution in [3.8, 4) is 0 Å². The average Bonchev–Trinajstić information content (AvgIpc) is 3.32. The Labute approximate surface area is 163 Å². The lowest BCUT2D eigenvalue weighted by molar-refractivity contribution is -0.135. The van der Waals surface area contributed by atoms with E-state index in [0.29, 0.717) is 30.0 Å². The zero-order chi connectivity index (χ0) is 19.5. The van der Waals surface area contributed by atoms with E-state index in [-0.39, 0.29) is 11.9 Å². The Kier molecular flexibility index (Phi) is 5.14. The molecule has 4 heterocycles. The summed E-state index contributed by atoms with van der Waals surface area (Å²) in [6, 6.07) is 5.91. The Morgan fingerprint density at radius 3 is 3.07 bits per heavy atom. The van der Waals surface area contributed by atoms with Gasteiger partial charge in [0.25, 0.3) is 0 Å². The van der Waals surface area contributed by atoms with Crippen molar-refractivity contribution in [3.63, 3.8) is 0 Å². The van der Waals surface area contributed by atoms with E-state index < -0.39 is 0 Å². The van der Waals surface area contributed by atoms with Gasteiger partial charge >= 0.3 is 0 Å². The van der Waals surface area contributed by atoms with E-state index in [4.69, 9.17) is 9.15 Å². The quantitative estimate of drug-likeness (QED) is 0.877. The first-order valence-electron chi connectivity index (χ1n) is 9.61. The molecule has 2 aliphatic heterocycles. The van der Waals surface area contributed by atoms with E-state index in [9.17, 15) is 4.79 Å². The smallest absolute Gasteiger partial charge is 0.226 e. The lowest BCUT2D eigenvalue weighted by atomic mass is 9.96. The molecule has 0 aliphatic carbocycles. The number of nitrogens with zero attached hydrogens (tertiary/aromatic N) is 3. The number of carbonyl (C=O) groups is 1. The third-order valence-corrected chi connectivity index (χ3v) is 5.12. The molecule has 1 saturated heterocycles. The molecule has 0 bridgehead atoms. The monoisotopic (exact) mass is 380 g/mol. The highest BCUT2D eigenvalue weighted by atomic mass is 16.5. The topological polar surface area (TPSA) is 80.0 Å². The minimum atomic E-state index is 0.101. The zero-order valence-electron chi connectivity index (χ0n) is 16.0. The summed E-state index contributed by atoms with van der Waals surface area (Å²) in [7, 11) is 0. The van der Waals surface area contributed by atoms with Crippen molar-refractivity contribution in [1.82, 2.24) is 15.3 Å². The van der Waals surface area contributed by atoms with Gasteiger partial charge in [0, 0.05) is 31.8 Å². The van der Waals surface area contributed by atoms with Gasteiger partial charge in [-0.1, -0.05) is 12.6 Å². The van der Waals surface area contributed by atoms with Crippen molar-refractivity contribution >= 4 is 24.3 Å². The lowest BCUT2D eigenvalue weighted by Gasteiger charge is -2.36. The highest BCUT2D eigenvalue weighted by molar-refractivity contribution is 5.87. The zero-order valence-corrected chi connectivity index (χ0v) is 16.0. The van der Waals surface area contributed by atoms with E-state index in [2.05, 4.69) is 22.1 Å². The molecule has 1 unspecified atom stereocenters. The predicted molar refractivity (Wildman–Crippen MR) is 105 cm³/mol. The van der Waals surface area contributed by atoms with Crippen LogP contribution < -0.4 is 16.1 Å². The number of hydrazone groups is 1. The van der Waals surface area contributed by atoms with Crippen LogP contribution in [0.5, 0.6) is 0 Å². The van der Waals surface area contributed by atoms with Gasteiger partial charge in [-0.2, -0.15) is 0 Å². The van der Waals surface area contributed by atoms with Gasteiger partial charge in [0.1, 0.15) is 11.2 Å². The van der Waals surface area contributed by atoms with Crippen molar-refractivity contribution < 1.29 is 13.9 Å². The molecule has 7 nitrogen and oxygen atoms in total. The molecule has 28 heavy (non-hydrogen) atoms. The van der Waals surface area contributed by atoms with Crippen molar-refractivity contribution in [2.75, 3.05) is 6.54 Å². The lowest BCUT2D eigenvalue weighted by Crippen LogP contribution is -2.38. The Morgan fingerprint density at radius 2 is 2.32 bits per heavy atom. The van der Waals surface area contributed by atoms with Gasteiger partial charge in [-0.3, -0.25) is 9.78 Å². The van der Waals surface area contributed by atoms with Gasteiger partial charge in [0.15, 0.2) is 0 Å². The fourth-order valence-electron chi connectivity index (χ4n) is 3.76. The summed E-state index contributed by atoms with van der Waals surface area (Å²) >= 11 is 0. The van der Waals surface area contributed by atoms with E-state index in [1.807, 2.05) is 36.2 Å². The Balaban J connectivity index is 1.40. The van der Waals surface area contributed by atoms with Gasteiger partial charge < -0.3 is 14.1 Å². The highest BCUT2D eigenvalue weighted by Gasteiger charge is 2.28. The Morgan fingerprint density at radius 1 is 1.43 bits per heavy atom. The van der Waals surface area contributed by atoms with E-state index in [1.54, 1.807) is 6.20 Å². The number of piperidine rings is 1. The first kappa shape index (κ1) is 18.3. The molecule has 7 heteroatoms. The van der Waals surface area contributed by atoms with Crippen LogP contribution in [0.2, 0.25) is 0 Å². The second-order valence-electron chi connectivity index (χ2n) is 7.13. The summed E-state index contributed by atoms with van der Waals surface area (Å²) < 4.78 is 11.2. The molecule has 0 saturated carbocycles. The molecule has 1 N–H and O–H groups in total. The summed E-state index contributed by atoms with van der Waals surface area (Å²) in [5.74, 6) is 1.87. The Hall–Kier alpha value is -3.09. The van der Waals surface area contributed by atoms with Gasteiger partial charge in [0.2, 0.25) is 17.7 Å². The molecule has 1 atom stereocenters. The maximum Gasteiger partial charge on any atom is 0.226 e. The molecular weight excluding hydrogens is 356 g/mol. The van der Waals surface area contributed by atoms with Crippen LogP contribution in [-0.2, 0) is 9.53 Å². The number of hydrogen-bond acceptors (Lipinski definition) is 6. The third-order valence-electron chi connectivity index (χ3n) is 5.12. The van der Waals surface area contributed by atoms with Crippen LogP contribution >= 0.6 is 0 Å². The van der Waals surface area contributed by atoms with Crippen LogP contribution in [0.4, 0.5) is 0 Å². The van der Waals surface area contributed by atoms with E-state index in [0.717, 1.165) is 42.3 Å². The normalized spacial score (nSPS) is 21.1. The molecule has 4 rings (SSSR count). The van der Waals surface area contributed by atoms with Gasteiger partial charge in [-0.25, -0.2) is 5.43 Å². The number of rotatable bonds is 4. The van der Waals surface area contributed by atoms with Crippen LogP contribution in [0, 0.1) is 6.92 Å². The Bertz CT molecular complexity index is 996. The number of carbonyl (C=O) groups excluding carboxylic acids is 1. The van der Waals surface area contributed by atoms with Crippen LogP contribution in [0.1, 0.15) is 49.5 Å². The minimum absolute atomic E-state index is 0.101. The maximum atomic E-state index is 12.9. The largest absolute Gasteiger partial charge is 0.462 e. The molecule has 1 amide bonds. The van der Waals surface area contributed by atoms with E-state index in [1.165, 1.54) is 0 Å². The van der Waals surface area contributed by atoms with Crippen LogP contribution in [0.3, 0.4) is 0 Å². The molecule has 2 aromatic heterocycles. The standard InChI is InChI=1S/C21H24N4O3/c1-14-12-17(15(2)27-14)21-24-23-19(28-21)8-9-20(26)25-11-4-3-7-18(25)16-6-5-10-22-13-16/h5-6,10,12-13,18,24H,2-4,7-9,11H2,1H3. The first-order valence-corrected chi connectivity index (χ1v) is 9.61. The number of hydrogen-bond donors (Lipinski definition) is 1. The summed E-state index contributed by atoms with van der Waals surface area (Å²) in [4.78, 5) is 19.1. The fourth-order valence-corrected chi connectivity index (χ4v) is 3.76. The molecule has 2 aromatic rings. The van der Waals surface area contributed by atoms with Crippen molar-refractivity contribution in [2.45, 2.75) is 45.1 Å². The first-order chi connectivity index (χ1) is 13.6. The molecular formula is C21H24N4O3. The number of nitrogens with one attached hydrogen (secondary N) is 1.